The zero-order valence-corrected chi connectivity index (χ0v) is 36.3. The standard InChI is InChI=1S/C6H4F2.4C4F9O.4CO.Al.Ta/c7-5-3-1-2-4-6(5)8;4*5-2(6,7)1(14,3(8,9)10)4(11,12)13;4*1-2;;/h1-4H;;;;;;;;;;/q;4*-1;;;;;+3;. The van der Waals surface area contributed by atoms with Gasteiger partial charge in [-0.15, -0.1) is 0 Å². The van der Waals surface area contributed by atoms with E-state index in [2.05, 4.69) is 26.6 Å². The Morgan fingerprint density at radius 3 is 0.338 bits per heavy atom. The maximum absolute atomic E-state index is 11.9. The summed E-state index contributed by atoms with van der Waals surface area (Å²) in [7, 11) is 0. The van der Waals surface area contributed by atoms with Crippen LogP contribution in [0.5, 0.6) is 0 Å². The van der Waals surface area contributed by atoms with Gasteiger partial charge in [0, 0.05) is 22.4 Å². The van der Waals surface area contributed by atoms with E-state index in [-0.39, 0.29) is 39.7 Å². The van der Waals surface area contributed by atoms with Crippen LogP contribution in [0.4, 0.5) is 167 Å². The van der Waals surface area contributed by atoms with E-state index in [1.54, 1.807) is 0 Å². The minimum absolute atomic E-state index is 0. The molecule has 0 aliphatic rings. The number of hydrogen-bond acceptors (Lipinski definition) is 4. The normalized spacial score (nSPS) is 13.1. The summed E-state index contributed by atoms with van der Waals surface area (Å²) in [4.78, 5) is 0. The third-order valence-electron chi connectivity index (χ3n) is 5.61. The Balaban J connectivity index is -0.0000000835. The molecule has 0 amide bonds. The summed E-state index contributed by atoms with van der Waals surface area (Å²) >= 11 is 0. The summed E-state index contributed by atoms with van der Waals surface area (Å²) < 4.78 is 462. The maximum atomic E-state index is 11.9. The van der Waals surface area contributed by atoms with Crippen molar-refractivity contribution in [2.24, 2.45) is 0 Å². The van der Waals surface area contributed by atoms with Crippen LogP contribution >= 0.6 is 0 Å². The third-order valence-corrected chi connectivity index (χ3v) is 5.61. The van der Waals surface area contributed by atoms with Crippen molar-refractivity contribution in [3.8, 4) is 0 Å². The molecule has 0 saturated heterocycles. The number of rotatable bonds is 0. The molecule has 0 heterocycles. The molecule has 1 aromatic rings. The zero-order chi connectivity index (χ0) is 62.0. The van der Waals surface area contributed by atoms with Crippen molar-refractivity contribution in [2.45, 2.75) is 96.5 Å². The summed E-state index contributed by atoms with van der Waals surface area (Å²) in [6, 6.07) is 5.04. The molecule has 0 saturated carbocycles. The van der Waals surface area contributed by atoms with E-state index in [1.165, 1.54) is 12.1 Å². The Morgan fingerprint density at radius 2 is 0.311 bits per heavy atom. The molecule has 1 rings (SSSR count). The maximum Gasteiger partial charge on any atom is 0.397 e. The van der Waals surface area contributed by atoms with Crippen LogP contribution in [0, 0.1) is 38.2 Å². The van der Waals surface area contributed by atoms with Crippen molar-refractivity contribution in [3.63, 3.8) is 0 Å². The molecule has 0 aliphatic carbocycles. The fourth-order valence-electron chi connectivity index (χ4n) is 2.37. The fourth-order valence-corrected chi connectivity index (χ4v) is 2.37. The van der Waals surface area contributed by atoms with Gasteiger partial charge in [-0.1, -0.05) is 12.1 Å². The van der Waals surface area contributed by atoms with E-state index in [1.807, 2.05) is 0 Å². The van der Waals surface area contributed by atoms with Crippen LogP contribution in [0.25, 0.3) is 0 Å². The Hall–Kier alpha value is -3.37. The molecule has 0 bridgehead atoms. The Kier molecular flexibility index (Phi) is 39.2. The smallest absolute Gasteiger partial charge is 0.397 e. The van der Waals surface area contributed by atoms with Crippen LogP contribution < -0.4 is 20.4 Å². The van der Waals surface area contributed by atoms with Crippen LogP contribution in [0.2, 0.25) is 0 Å². The van der Waals surface area contributed by atoms with Crippen LogP contribution in [0.1, 0.15) is 0 Å². The first-order chi connectivity index (χ1) is 30.8. The van der Waals surface area contributed by atoms with E-state index in [0.717, 1.165) is 12.1 Å². The van der Waals surface area contributed by atoms with E-state index in [9.17, 15) is 187 Å². The third kappa shape index (κ3) is 23.5. The molecule has 0 spiro atoms. The van der Waals surface area contributed by atoms with Crippen LogP contribution in [0.3, 0.4) is 0 Å². The van der Waals surface area contributed by atoms with E-state index >= 15 is 0 Å². The van der Waals surface area contributed by atoms with Crippen molar-refractivity contribution in [2.75, 3.05) is 0 Å². The summed E-state index contributed by atoms with van der Waals surface area (Å²) in [5, 5.41) is 39.2. The second kappa shape index (κ2) is 31.1. The van der Waals surface area contributed by atoms with Gasteiger partial charge < -0.3 is 20.4 Å². The van der Waals surface area contributed by atoms with Crippen molar-refractivity contribution < 1.29 is 228 Å². The first kappa shape index (κ1) is 93.2. The first-order valence-electron chi connectivity index (χ1n) is 13.6. The van der Waals surface area contributed by atoms with Crippen molar-refractivity contribution in [3.05, 3.63) is 62.5 Å². The van der Waals surface area contributed by atoms with Gasteiger partial charge >= 0.3 is 137 Å². The average Bonchev–Trinajstić information content (AvgIpc) is 3.13. The molecule has 48 heteroatoms. The molecule has 0 fully saturated rings. The number of alkyl halides is 36. The minimum atomic E-state index is -6.98. The zero-order valence-electron chi connectivity index (χ0n) is 32.0. The Morgan fingerprint density at radius 1 is 0.243 bits per heavy atom. The summed E-state index contributed by atoms with van der Waals surface area (Å²) in [6.45, 7) is 18.0. The summed E-state index contributed by atoms with van der Waals surface area (Å²) in [5.74, 6) is -1.60. The van der Waals surface area contributed by atoms with Gasteiger partial charge in [0.1, 0.15) is 0 Å². The molecule has 0 N–H and O–H groups in total. The fraction of sp³-hybridized carbons (Fsp3) is 0.615. The van der Waals surface area contributed by atoms with Gasteiger partial charge in [0.25, 0.3) is 0 Å². The van der Waals surface area contributed by atoms with Gasteiger partial charge in [-0.05, 0) is 12.1 Å². The van der Waals surface area contributed by atoms with E-state index in [0.29, 0.717) is 0 Å². The number of hydrogen-bond donors (Lipinski definition) is 0. The molecule has 1 radical (unpaired) electrons. The van der Waals surface area contributed by atoms with Crippen molar-refractivity contribution in [1.29, 1.82) is 0 Å². The largest absolute Gasteiger partial charge is 0.830 e. The van der Waals surface area contributed by atoms with Crippen LogP contribution in [0.15, 0.2) is 24.3 Å². The topological polar surface area (TPSA) is 172 Å². The van der Waals surface area contributed by atoms with E-state index in [4.69, 9.17) is 18.6 Å². The molecule has 1 aromatic carbocycles. The second-order valence-corrected chi connectivity index (χ2v) is 10.1. The predicted octanol–water partition coefficient (Wildman–Crippen LogP) is 8.52. The first-order valence-corrected chi connectivity index (χ1v) is 13.6. The van der Waals surface area contributed by atoms with Crippen LogP contribution in [-0.4, -0.2) is 114 Å². The number of benzene rings is 1. The van der Waals surface area contributed by atoms with Gasteiger partial charge in [0.15, 0.2) is 34.0 Å². The quantitative estimate of drug-likeness (QED) is 0.110. The van der Waals surface area contributed by atoms with Crippen molar-refractivity contribution >= 4 is 17.4 Å². The molecule has 0 aliphatic heterocycles. The van der Waals surface area contributed by atoms with Gasteiger partial charge in [0.2, 0.25) is 0 Å². The summed E-state index contributed by atoms with van der Waals surface area (Å²) in [5.41, 5.74) is -27.8. The SMILES string of the molecule is Fc1ccccc1F.[Al+3].[C-]#[O+].[C-]#[O+].[C-]#[O+].[C-]#[O+].[O-]C(C(F)(F)F)(C(F)(F)F)C(F)(F)F.[O-]C(C(F)(F)F)(C(F)(F)F)C(F)(F)F.[O-]C(C(F)(F)F)(C(F)(F)F)C(F)(F)F.[O-]C(C(F)(F)F)(C(F)(F)F)C(F)(F)F.[Ta]. The average molecular weight is 1370 g/mol. The minimum Gasteiger partial charge on any atom is -0.830 e. The van der Waals surface area contributed by atoms with Gasteiger partial charge in [0.05, 0.1) is 0 Å². The second-order valence-electron chi connectivity index (χ2n) is 10.1. The Bertz CT molecular complexity index is 1400. The van der Waals surface area contributed by atoms with Crippen LogP contribution in [-0.2, 0) is 41.0 Å². The van der Waals surface area contributed by atoms with Gasteiger partial charge in [-0.25, -0.2) is 8.78 Å². The van der Waals surface area contributed by atoms with Gasteiger partial charge in [-0.3, -0.25) is 0 Å². The molecule has 0 unspecified atom stereocenters. The molecule has 0 aromatic heterocycles. The van der Waals surface area contributed by atoms with Crippen molar-refractivity contribution in [1.82, 2.24) is 0 Å². The predicted molar refractivity (Wildman–Crippen MR) is 131 cm³/mol. The van der Waals surface area contributed by atoms with Gasteiger partial charge in [-0.2, -0.15) is 158 Å². The Labute approximate surface area is 404 Å². The number of halogens is 38. The molecule has 8 nitrogen and oxygen atoms in total. The summed E-state index contributed by atoms with van der Waals surface area (Å²) in [6.07, 6.45) is -83.8. The molecule has 74 heavy (non-hydrogen) atoms. The monoisotopic (exact) mass is 1370 g/mol. The molecular formula is C26H4AlF38O8Ta-. The molecule has 431 valence electrons. The van der Waals surface area contributed by atoms with E-state index < -0.39 is 108 Å². The molecular weight excluding hydrogens is 1370 g/mol. The molecule has 0 atom stereocenters.